The number of piperidine rings is 1. The molecule has 4 rings (SSSR count). The number of hydrogen-bond acceptors (Lipinski definition) is 3. The molecular formula is C20H28Cl2N4. The number of hydrogen-bond donors (Lipinski definition) is 1. The Kier molecular flexibility index (Phi) is 6.29. The number of benzene rings is 1. The fraction of sp³-hybridized carbons (Fsp3) is 0.550. The molecule has 4 nitrogen and oxygen atoms in total. The van der Waals surface area contributed by atoms with Gasteiger partial charge in [0.25, 0.3) is 0 Å². The summed E-state index contributed by atoms with van der Waals surface area (Å²) in [5.41, 5.74) is 1.81. The number of nitrogens with one attached hydrogen (secondary N) is 1. The maximum absolute atomic E-state index is 6.21. The number of halogens is 2. The molecule has 0 bridgehead atoms. The van der Waals surface area contributed by atoms with E-state index in [9.17, 15) is 0 Å². The molecule has 1 aromatic heterocycles. The lowest BCUT2D eigenvalue weighted by Gasteiger charge is -2.29. The van der Waals surface area contributed by atoms with Crippen LogP contribution >= 0.6 is 24.0 Å². The van der Waals surface area contributed by atoms with Crippen LogP contribution in [0.4, 0.5) is 0 Å². The second kappa shape index (κ2) is 8.30. The van der Waals surface area contributed by atoms with E-state index in [4.69, 9.17) is 11.6 Å². The number of aryl methyl sites for hydroxylation is 1. The molecule has 2 aromatic rings. The molecule has 2 fully saturated rings. The van der Waals surface area contributed by atoms with Crippen LogP contribution in [0.15, 0.2) is 36.7 Å². The second-order valence-corrected chi connectivity index (χ2v) is 7.93. The summed E-state index contributed by atoms with van der Waals surface area (Å²) < 4.78 is 2.25. The molecule has 142 valence electrons. The number of imidazole rings is 1. The SMILES string of the molecule is CCn1ccnc1CN(Cc1cccc(Cl)c1)C1CC12CCNCC2.Cl. The zero-order valence-corrected chi connectivity index (χ0v) is 16.9. The van der Waals surface area contributed by atoms with Gasteiger partial charge in [-0.05, 0) is 62.4 Å². The van der Waals surface area contributed by atoms with Crippen LogP contribution in [0.1, 0.15) is 37.6 Å². The molecule has 1 saturated carbocycles. The van der Waals surface area contributed by atoms with E-state index in [1.807, 2.05) is 12.3 Å². The average Bonchev–Trinajstić information content (AvgIpc) is 3.10. The van der Waals surface area contributed by atoms with Crippen LogP contribution in [-0.2, 0) is 19.6 Å². The zero-order chi connectivity index (χ0) is 17.3. The van der Waals surface area contributed by atoms with Crippen molar-refractivity contribution in [2.75, 3.05) is 13.1 Å². The Morgan fingerprint density at radius 3 is 2.85 bits per heavy atom. The zero-order valence-electron chi connectivity index (χ0n) is 15.3. The monoisotopic (exact) mass is 394 g/mol. The molecule has 1 unspecified atom stereocenters. The lowest BCUT2D eigenvalue weighted by atomic mass is 9.93. The smallest absolute Gasteiger partial charge is 0.122 e. The molecule has 1 aliphatic carbocycles. The molecule has 1 saturated heterocycles. The molecule has 0 amide bonds. The summed E-state index contributed by atoms with van der Waals surface area (Å²) in [5, 5.41) is 4.33. The Labute approximate surface area is 167 Å². The van der Waals surface area contributed by atoms with Gasteiger partial charge in [0.05, 0.1) is 6.54 Å². The molecule has 1 N–H and O–H groups in total. The molecule has 6 heteroatoms. The van der Waals surface area contributed by atoms with Crippen LogP contribution in [0.2, 0.25) is 5.02 Å². The van der Waals surface area contributed by atoms with E-state index in [-0.39, 0.29) is 12.4 Å². The fourth-order valence-corrected chi connectivity index (χ4v) is 4.62. The van der Waals surface area contributed by atoms with Gasteiger partial charge in [-0.1, -0.05) is 23.7 Å². The van der Waals surface area contributed by atoms with Crippen molar-refractivity contribution < 1.29 is 0 Å². The van der Waals surface area contributed by atoms with E-state index in [0.717, 1.165) is 37.7 Å². The minimum atomic E-state index is 0. The van der Waals surface area contributed by atoms with Crippen molar-refractivity contribution in [2.24, 2.45) is 5.41 Å². The Morgan fingerprint density at radius 2 is 2.12 bits per heavy atom. The van der Waals surface area contributed by atoms with Gasteiger partial charge in [-0.15, -0.1) is 12.4 Å². The van der Waals surface area contributed by atoms with E-state index in [2.05, 4.69) is 51.1 Å². The van der Waals surface area contributed by atoms with Crippen LogP contribution in [0.3, 0.4) is 0 Å². The van der Waals surface area contributed by atoms with Crippen molar-refractivity contribution in [1.29, 1.82) is 0 Å². The average molecular weight is 395 g/mol. The lowest BCUT2D eigenvalue weighted by molar-refractivity contribution is 0.182. The third kappa shape index (κ3) is 4.09. The fourth-order valence-electron chi connectivity index (χ4n) is 4.41. The Balaban J connectivity index is 0.00000196. The van der Waals surface area contributed by atoms with Gasteiger partial charge in [-0.3, -0.25) is 4.90 Å². The summed E-state index contributed by atoms with van der Waals surface area (Å²) in [7, 11) is 0. The quantitative estimate of drug-likeness (QED) is 0.799. The molecule has 2 heterocycles. The standard InChI is InChI=1S/C20H27ClN4.ClH/c1-2-24-11-10-23-19(24)15-25(14-16-4-3-5-17(21)12-16)18-13-20(18)6-8-22-9-7-20;/h3-5,10-12,18,22H,2,6-9,13-15H2,1H3;1H. The topological polar surface area (TPSA) is 33.1 Å². The first-order chi connectivity index (χ1) is 12.2. The number of rotatable bonds is 6. The van der Waals surface area contributed by atoms with Gasteiger partial charge < -0.3 is 9.88 Å². The molecular weight excluding hydrogens is 367 g/mol. The van der Waals surface area contributed by atoms with Crippen LogP contribution in [0.5, 0.6) is 0 Å². The van der Waals surface area contributed by atoms with Crippen LogP contribution in [-0.4, -0.2) is 33.6 Å². The first-order valence-electron chi connectivity index (χ1n) is 9.39. The minimum absolute atomic E-state index is 0. The normalized spacial score (nSPS) is 21.0. The maximum atomic E-state index is 6.21. The van der Waals surface area contributed by atoms with Crippen molar-refractivity contribution in [3.05, 3.63) is 53.1 Å². The van der Waals surface area contributed by atoms with Gasteiger partial charge in [-0.2, -0.15) is 0 Å². The van der Waals surface area contributed by atoms with E-state index in [1.54, 1.807) is 0 Å². The van der Waals surface area contributed by atoms with E-state index in [0.29, 0.717) is 11.5 Å². The van der Waals surface area contributed by atoms with E-state index in [1.165, 1.54) is 30.7 Å². The van der Waals surface area contributed by atoms with Crippen molar-refractivity contribution >= 4 is 24.0 Å². The summed E-state index contributed by atoms with van der Waals surface area (Å²) >= 11 is 6.21. The van der Waals surface area contributed by atoms with Gasteiger partial charge in [0.1, 0.15) is 5.82 Å². The van der Waals surface area contributed by atoms with Crippen LogP contribution in [0, 0.1) is 5.41 Å². The van der Waals surface area contributed by atoms with Crippen molar-refractivity contribution in [1.82, 2.24) is 19.8 Å². The maximum Gasteiger partial charge on any atom is 0.122 e. The first-order valence-corrected chi connectivity index (χ1v) is 9.77. The summed E-state index contributed by atoms with van der Waals surface area (Å²) in [6.45, 7) is 7.32. The highest BCUT2D eigenvalue weighted by Crippen LogP contribution is 2.56. The van der Waals surface area contributed by atoms with Crippen LogP contribution < -0.4 is 5.32 Å². The summed E-state index contributed by atoms with van der Waals surface area (Å²) in [6.07, 6.45) is 7.92. The van der Waals surface area contributed by atoms with E-state index < -0.39 is 0 Å². The minimum Gasteiger partial charge on any atom is -0.334 e. The highest BCUT2D eigenvalue weighted by atomic mass is 35.5. The summed E-state index contributed by atoms with van der Waals surface area (Å²) in [4.78, 5) is 7.24. The number of nitrogens with zero attached hydrogens (tertiary/aromatic N) is 3. The third-order valence-electron chi connectivity index (χ3n) is 5.95. The highest BCUT2D eigenvalue weighted by molar-refractivity contribution is 6.30. The third-order valence-corrected chi connectivity index (χ3v) is 6.18. The molecule has 1 aliphatic heterocycles. The Morgan fingerprint density at radius 1 is 1.31 bits per heavy atom. The van der Waals surface area contributed by atoms with Gasteiger partial charge in [0.2, 0.25) is 0 Å². The van der Waals surface area contributed by atoms with Gasteiger partial charge in [0.15, 0.2) is 0 Å². The second-order valence-electron chi connectivity index (χ2n) is 7.50. The molecule has 1 spiro atoms. The summed E-state index contributed by atoms with van der Waals surface area (Å²) in [5.74, 6) is 1.17. The highest BCUT2D eigenvalue weighted by Gasteiger charge is 2.56. The molecule has 0 radical (unpaired) electrons. The lowest BCUT2D eigenvalue weighted by Crippen LogP contribution is -2.36. The largest absolute Gasteiger partial charge is 0.334 e. The van der Waals surface area contributed by atoms with Crippen LogP contribution in [0.25, 0.3) is 0 Å². The van der Waals surface area contributed by atoms with Gasteiger partial charge in [-0.25, -0.2) is 4.98 Å². The Hall–Kier alpha value is -1.07. The molecule has 1 aromatic carbocycles. The summed E-state index contributed by atoms with van der Waals surface area (Å²) in [6, 6.07) is 8.94. The van der Waals surface area contributed by atoms with Crippen molar-refractivity contribution in [3.63, 3.8) is 0 Å². The Bertz CT molecular complexity index is 724. The van der Waals surface area contributed by atoms with Crippen molar-refractivity contribution in [2.45, 2.75) is 51.9 Å². The van der Waals surface area contributed by atoms with Crippen molar-refractivity contribution in [3.8, 4) is 0 Å². The molecule has 26 heavy (non-hydrogen) atoms. The molecule has 1 atom stereocenters. The predicted octanol–water partition coefficient (Wildman–Crippen LogP) is 4.12. The van der Waals surface area contributed by atoms with Gasteiger partial charge >= 0.3 is 0 Å². The molecule has 2 aliphatic rings. The first kappa shape index (κ1) is 19.7. The predicted molar refractivity (Wildman–Crippen MR) is 109 cm³/mol. The van der Waals surface area contributed by atoms with Gasteiger partial charge in [0, 0.05) is 36.5 Å². The number of aromatic nitrogens is 2. The van der Waals surface area contributed by atoms with E-state index >= 15 is 0 Å².